The molecule has 47 heavy (non-hydrogen) atoms. The lowest BCUT2D eigenvalue weighted by Crippen LogP contribution is -2.27. The van der Waals surface area contributed by atoms with Gasteiger partial charge in [-0.15, -0.1) is 0 Å². The highest BCUT2D eigenvalue weighted by Crippen LogP contribution is 2.21. The van der Waals surface area contributed by atoms with Crippen molar-refractivity contribution in [3.05, 3.63) is 0 Å². The lowest BCUT2D eigenvalue weighted by Gasteiger charge is -2.22. The SMILES string of the molecule is CCCCC(C)C(C)=O.CCCCCCCCCCN(CCCC)CCCCCCCCCCC(=O)C(CCCC)CCCCCC. The molecule has 2 atom stereocenters. The third-order valence-electron chi connectivity index (χ3n) is 10.3. The summed E-state index contributed by atoms with van der Waals surface area (Å²) in [6.45, 7) is 18.9. The van der Waals surface area contributed by atoms with Crippen molar-refractivity contribution < 1.29 is 9.59 Å². The van der Waals surface area contributed by atoms with E-state index in [1.807, 2.05) is 6.92 Å². The quantitative estimate of drug-likeness (QED) is 0.0626. The van der Waals surface area contributed by atoms with Crippen molar-refractivity contribution in [3.8, 4) is 0 Å². The van der Waals surface area contributed by atoms with Crippen LogP contribution in [0.4, 0.5) is 0 Å². The zero-order valence-corrected chi connectivity index (χ0v) is 33.8. The smallest absolute Gasteiger partial charge is 0.135 e. The van der Waals surface area contributed by atoms with E-state index in [1.54, 1.807) is 6.92 Å². The third-order valence-corrected chi connectivity index (χ3v) is 10.3. The molecule has 0 amide bonds. The Kier molecular flexibility index (Phi) is 40.9. The molecular weight excluding hydrogens is 574 g/mol. The number of carbonyl (C=O) groups excluding carboxylic acids is 2. The summed E-state index contributed by atoms with van der Waals surface area (Å²) in [4.78, 5) is 26.2. The van der Waals surface area contributed by atoms with Crippen LogP contribution in [0.1, 0.15) is 241 Å². The number of hydrogen-bond acceptors (Lipinski definition) is 3. The van der Waals surface area contributed by atoms with Gasteiger partial charge in [-0.2, -0.15) is 0 Å². The number of rotatable bonds is 36. The highest BCUT2D eigenvalue weighted by Gasteiger charge is 2.17. The molecule has 0 saturated heterocycles. The molecule has 282 valence electrons. The second-order valence-electron chi connectivity index (χ2n) is 15.1. The predicted octanol–water partition coefficient (Wildman–Crippen LogP) is 14.5. The second-order valence-corrected chi connectivity index (χ2v) is 15.1. The molecule has 0 aliphatic carbocycles. The number of Topliss-reactive ketones (excluding diaryl/α,β-unsaturated/α-hetero) is 2. The molecular formula is C44H89NO2. The number of nitrogens with zero attached hydrogens (tertiary/aromatic N) is 1. The Balaban J connectivity index is 0. The summed E-state index contributed by atoms with van der Waals surface area (Å²) >= 11 is 0. The van der Waals surface area contributed by atoms with Crippen LogP contribution in [0.2, 0.25) is 0 Å². The molecule has 0 aliphatic rings. The molecule has 0 aliphatic heterocycles. The molecule has 0 aromatic heterocycles. The van der Waals surface area contributed by atoms with E-state index in [0.717, 1.165) is 32.1 Å². The lowest BCUT2D eigenvalue weighted by atomic mass is 9.89. The molecule has 3 heteroatoms. The maximum absolute atomic E-state index is 12.8. The summed E-state index contributed by atoms with van der Waals surface area (Å²) in [5.74, 6) is 1.54. The van der Waals surface area contributed by atoms with Gasteiger partial charge in [0.1, 0.15) is 11.6 Å². The van der Waals surface area contributed by atoms with Crippen LogP contribution >= 0.6 is 0 Å². The fourth-order valence-electron chi connectivity index (χ4n) is 6.53. The monoisotopic (exact) mass is 664 g/mol. The maximum atomic E-state index is 12.8. The number of hydrogen-bond donors (Lipinski definition) is 0. The minimum atomic E-state index is 0.282. The zero-order valence-electron chi connectivity index (χ0n) is 33.8. The normalized spacial score (nSPS) is 12.6. The van der Waals surface area contributed by atoms with Crippen LogP contribution in [0.25, 0.3) is 0 Å². The van der Waals surface area contributed by atoms with Gasteiger partial charge < -0.3 is 4.90 Å². The molecule has 0 aromatic rings. The van der Waals surface area contributed by atoms with Crippen molar-refractivity contribution in [2.24, 2.45) is 11.8 Å². The standard InChI is InChI=1S/C36H73NO.C8H16O/c1-5-9-13-15-16-20-23-27-33-37(32-12-8-4)34-28-24-21-18-17-19-22-26-31-36(38)35(29-11-7-3)30-25-14-10-6-2;1-4-5-6-7(2)8(3)9/h35H,5-34H2,1-4H3;7H,4-6H2,1-3H3. The van der Waals surface area contributed by atoms with E-state index < -0.39 is 0 Å². The fourth-order valence-corrected chi connectivity index (χ4v) is 6.53. The third kappa shape index (κ3) is 36.4. The number of unbranched alkanes of at least 4 members (excludes halogenated alkanes) is 20. The molecule has 0 fully saturated rings. The first kappa shape index (κ1) is 48.4. The Morgan fingerprint density at radius 3 is 1.26 bits per heavy atom. The predicted molar refractivity (Wildman–Crippen MR) is 212 cm³/mol. The molecule has 0 rings (SSSR count). The van der Waals surface area contributed by atoms with Gasteiger partial charge in [-0.1, -0.05) is 183 Å². The molecule has 0 radical (unpaired) electrons. The van der Waals surface area contributed by atoms with E-state index in [9.17, 15) is 9.59 Å². The molecule has 2 unspecified atom stereocenters. The van der Waals surface area contributed by atoms with Crippen LogP contribution in [0.15, 0.2) is 0 Å². The van der Waals surface area contributed by atoms with Crippen molar-refractivity contribution >= 4 is 11.6 Å². The highest BCUT2D eigenvalue weighted by molar-refractivity contribution is 5.80. The first-order valence-corrected chi connectivity index (χ1v) is 21.6. The number of ketones is 2. The van der Waals surface area contributed by atoms with Gasteiger partial charge in [-0.3, -0.25) is 9.59 Å². The van der Waals surface area contributed by atoms with Gasteiger partial charge in [-0.25, -0.2) is 0 Å². The molecule has 0 N–H and O–H groups in total. The topological polar surface area (TPSA) is 37.4 Å². The average Bonchev–Trinajstić information content (AvgIpc) is 3.07. The summed E-state index contributed by atoms with van der Waals surface area (Å²) in [6.07, 6.45) is 38.9. The van der Waals surface area contributed by atoms with E-state index >= 15 is 0 Å². The molecule has 0 heterocycles. The summed E-state index contributed by atoms with van der Waals surface area (Å²) in [5, 5.41) is 0. The van der Waals surface area contributed by atoms with E-state index in [4.69, 9.17) is 0 Å². The first-order chi connectivity index (χ1) is 22.9. The Bertz CT molecular complexity index is 632. The molecule has 0 spiro atoms. The number of carbonyl (C=O) groups is 2. The maximum Gasteiger partial charge on any atom is 0.135 e. The lowest BCUT2D eigenvalue weighted by molar-refractivity contribution is -0.123. The molecule has 0 bridgehead atoms. The Hall–Kier alpha value is -0.700. The summed E-state index contributed by atoms with van der Waals surface area (Å²) in [5.41, 5.74) is 0. The molecule has 0 aromatic carbocycles. The Labute approximate surface area is 298 Å². The largest absolute Gasteiger partial charge is 0.303 e. The van der Waals surface area contributed by atoms with E-state index in [2.05, 4.69) is 39.5 Å². The van der Waals surface area contributed by atoms with Gasteiger partial charge in [0.2, 0.25) is 0 Å². The van der Waals surface area contributed by atoms with Crippen molar-refractivity contribution in [2.45, 2.75) is 241 Å². The minimum absolute atomic E-state index is 0.282. The molecule has 3 nitrogen and oxygen atoms in total. The fraction of sp³-hybridized carbons (Fsp3) is 0.955. The van der Waals surface area contributed by atoms with Crippen LogP contribution < -0.4 is 0 Å². The van der Waals surface area contributed by atoms with Crippen LogP contribution in [0.3, 0.4) is 0 Å². The van der Waals surface area contributed by atoms with Crippen molar-refractivity contribution in [1.82, 2.24) is 4.90 Å². The average molecular weight is 664 g/mol. The highest BCUT2D eigenvalue weighted by atomic mass is 16.1. The van der Waals surface area contributed by atoms with Gasteiger partial charge in [-0.05, 0) is 71.5 Å². The minimum Gasteiger partial charge on any atom is -0.303 e. The van der Waals surface area contributed by atoms with Crippen molar-refractivity contribution in [3.63, 3.8) is 0 Å². The van der Waals surface area contributed by atoms with Gasteiger partial charge >= 0.3 is 0 Å². The Morgan fingerprint density at radius 2 is 0.787 bits per heavy atom. The van der Waals surface area contributed by atoms with Crippen molar-refractivity contribution in [1.29, 1.82) is 0 Å². The van der Waals surface area contributed by atoms with Crippen LogP contribution in [0.5, 0.6) is 0 Å². The molecule has 0 saturated carbocycles. The second kappa shape index (κ2) is 39.7. The Morgan fingerprint density at radius 1 is 0.426 bits per heavy atom. The van der Waals surface area contributed by atoms with Gasteiger partial charge in [0, 0.05) is 18.3 Å². The zero-order chi connectivity index (χ0) is 35.2. The van der Waals surface area contributed by atoms with Crippen molar-refractivity contribution in [2.75, 3.05) is 19.6 Å². The van der Waals surface area contributed by atoms with Gasteiger partial charge in [0.05, 0.1) is 0 Å². The summed E-state index contributed by atoms with van der Waals surface area (Å²) in [6, 6.07) is 0. The van der Waals surface area contributed by atoms with Gasteiger partial charge in [0.25, 0.3) is 0 Å². The summed E-state index contributed by atoms with van der Waals surface area (Å²) < 4.78 is 0. The first-order valence-electron chi connectivity index (χ1n) is 21.6. The van der Waals surface area contributed by atoms with Crippen LogP contribution in [-0.2, 0) is 9.59 Å². The summed E-state index contributed by atoms with van der Waals surface area (Å²) in [7, 11) is 0. The van der Waals surface area contributed by atoms with Gasteiger partial charge in [0.15, 0.2) is 0 Å². The van der Waals surface area contributed by atoms with E-state index in [0.29, 0.717) is 17.5 Å². The van der Waals surface area contributed by atoms with E-state index in [-0.39, 0.29) is 5.92 Å². The van der Waals surface area contributed by atoms with Crippen LogP contribution in [-0.4, -0.2) is 36.1 Å². The van der Waals surface area contributed by atoms with E-state index in [1.165, 1.54) is 180 Å². The van der Waals surface area contributed by atoms with Crippen LogP contribution in [0, 0.1) is 11.8 Å².